The van der Waals surface area contributed by atoms with Gasteiger partial charge in [0.1, 0.15) is 0 Å². The van der Waals surface area contributed by atoms with E-state index in [0.717, 1.165) is 25.7 Å². The number of carbonyl (C=O) groups is 2. The summed E-state index contributed by atoms with van der Waals surface area (Å²) in [5, 5.41) is 23.0. The number of urea groups is 1. The number of rotatable bonds is 9. The van der Waals surface area contributed by atoms with Crippen molar-refractivity contribution in [1.82, 2.24) is 10.6 Å². The maximum absolute atomic E-state index is 11.6. The van der Waals surface area contributed by atoms with Crippen LogP contribution in [0, 0.1) is 0 Å². The number of unbranched alkanes of at least 4 members (excludes halogenated alkanes) is 3. The van der Waals surface area contributed by atoms with Gasteiger partial charge in [0.25, 0.3) is 0 Å². The fraction of sp³-hybridized carbons (Fsp3) is 0.846. The summed E-state index contributed by atoms with van der Waals surface area (Å²) in [4.78, 5) is 22.4. The summed E-state index contributed by atoms with van der Waals surface area (Å²) in [6.45, 7) is 5.34. The van der Waals surface area contributed by atoms with E-state index in [1.165, 1.54) is 13.3 Å². The molecule has 0 saturated carbocycles. The maximum Gasteiger partial charge on any atom is 0.328 e. The van der Waals surface area contributed by atoms with E-state index in [0.29, 0.717) is 0 Å². The zero-order valence-corrected chi connectivity index (χ0v) is 12.0. The maximum atomic E-state index is 11.6. The van der Waals surface area contributed by atoms with Gasteiger partial charge in [0.15, 0.2) is 6.04 Å². The number of nitrogens with one attached hydrogen (secondary N) is 2. The van der Waals surface area contributed by atoms with Crippen molar-refractivity contribution in [2.24, 2.45) is 0 Å². The average molecular weight is 274 g/mol. The molecule has 6 heteroatoms. The molecule has 0 aromatic rings. The number of carbonyl (C=O) groups excluding carboxylic acids is 1. The zero-order valence-electron chi connectivity index (χ0n) is 12.0. The molecule has 0 spiro atoms. The predicted octanol–water partition coefficient (Wildman–Crippen LogP) is 1.48. The second-order valence-corrected chi connectivity index (χ2v) is 4.92. The van der Waals surface area contributed by atoms with Crippen molar-refractivity contribution in [3.8, 4) is 0 Å². The van der Waals surface area contributed by atoms with E-state index >= 15 is 0 Å². The van der Waals surface area contributed by atoms with Crippen molar-refractivity contribution in [1.29, 1.82) is 0 Å². The highest BCUT2D eigenvalue weighted by Gasteiger charge is 2.25. The Kier molecular flexibility index (Phi) is 8.95. The Hall–Kier alpha value is -1.30. The highest BCUT2D eigenvalue weighted by atomic mass is 16.4. The number of aliphatic hydroxyl groups is 1. The van der Waals surface area contributed by atoms with Crippen molar-refractivity contribution in [2.75, 3.05) is 0 Å². The van der Waals surface area contributed by atoms with Crippen LogP contribution >= 0.6 is 0 Å². The summed E-state index contributed by atoms with van der Waals surface area (Å²) in [6.07, 6.45) is 4.24. The topological polar surface area (TPSA) is 98.7 Å². The minimum atomic E-state index is -1.28. The van der Waals surface area contributed by atoms with E-state index in [1.54, 1.807) is 0 Å². The summed E-state index contributed by atoms with van der Waals surface area (Å²) in [6, 6.07) is -1.86. The molecule has 19 heavy (non-hydrogen) atoms. The van der Waals surface area contributed by atoms with E-state index in [4.69, 9.17) is 5.11 Å². The van der Waals surface area contributed by atoms with Crippen LogP contribution < -0.4 is 10.6 Å². The van der Waals surface area contributed by atoms with Gasteiger partial charge in [-0.2, -0.15) is 0 Å². The lowest BCUT2D eigenvalue weighted by molar-refractivity contribution is -0.141. The van der Waals surface area contributed by atoms with Gasteiger partial charge in [-0.15, -0.1) is 0 Å². The Morgan fingerprint density at radius 1 is 1.11 bits per heavy atom. The van der Waals surface area contributed by atoms with Crippen molar-refractivity contribution < 1.29 is 19.8 Å². The van der Waals surface area contributed by atoms with Gasteiger partial charge in [-0.05, 0) is 20.3 Å². The Bertz CT molecular complexity index is 282. The van der Waals surface area contributed by atoms with E-state index in [-0.39, 0.29) is 6.04 Å². The molecule has 0 rings (SSSR count). The summed E-state index contributed by atoms with van der Waals surface area (Å²) in [5.41, 5.74) is 0. The van der Waals surface area contributed by atoms with Crippen molar-refractivity contribution in [3.63, 3.8) is 0 Å². The van der Waals surface area contributed by atoms with Gasteiger partial charge in [-0.25, -0.2) is 9.59 Å². The normalized spacial score (nSPS) is 15.4. The molecule has 0 aliphatic heterocycles. The molecule has 3 atom stereocenters. The van der Waals surface area contributed by atoms with Crippen LogP contribution in [0.5, 0.6) is 0 Å². The molecule has 0 bridgehead atoms. The monoisotopic (exact) mass is 274 g/mol. The van der Waals surface area contributed by atoms with E-state index in [9.17, 15) is 14.7 Å². The number of amides is 2. The van der Waals surface area contributed by atoms with Crippen LogP contribution in [0.3, 0.4) is 0 Å². The van der Waals surface area contributed by atoms with Gasteiger partial charge in [-0.3, -0.25) is 0 Å². The lowest BCUT2D eigenvalue weighted by atomic mass is 10.1. The predicted molar refractivity (Wildman–Crippen MR) is 73.0 cm³/mol. The molecule has 0 aliphatic rings. The first kappa shape index (κ1) is 17.7. The van der Waals surface area contributed by atoms with E-state index < -0.39 is 24.1 Å². The molecule has 1 unspecified atom stereocenters. The van der Waals surface area contributed by atoms with Crippen molar-refractivity contribution in [3.05, 3.63) is 0 Å². The largest absolute Gasteiger partial charge is 0.480 e. The van der Waals surface area contributed by atoms with Crippen LogP contribution in [0.25, 0.3) is 0 Å². The molecule has 0 radical (unpaired) electrons. The average Bonchev–Trinajstić information content (AvgIpc) is 2.31. The van der Waals surface area contributed by atoms with Gasteiger partial charge in [0.2, 0.25) is 0 Å². The lowest BCUT2D eigenvalue weighted by Crippen LogP contribution is -2.52. The number of hydrogen-bond acceptors (Lipinski definition) is 3. The minimum Gasteiger partial charge on any atom is -0.480 e. The third kappa shape index (κ3) is 8.42. The fourth-order valence-electron chi connectivity index (χ4n) is 1.74. The first-order chi connectivity index (χ1) is 8.88. The Labute approximate surface area is 114 Å². The van der Waals surface area contributed by atoms with Crippen molar-refractivity contribution >= 4 is 12.0 Å². The quantitative estimate of drug-likeness (QED) is 0.479. The Morgan fingerprint density at radius 3 is 2.21 bits per heavy atom. The number of hydrogen-bond donors (Lipinski definition) is 4. The molecule has 0 fully saturated rings. The molecule has 2 amide bonds. The molecule has 0 aromatic carbocycles. The third-order valence-corrected chi connectivity index (χ3v) is 2.90. The molecule has 6 nitrogen and oxygen atoms in total. The number of aliphatic carboxylic acids is 1. The van der Waals surface area contributed by atoms with Gasteiger partial charge in [0.05, 0.1) is 6.10 Å². The number of carboxylic acids is 1. The summed E-state index contributed by atoms with van der Waals surface area (Å²) < 4.78 is 0. The molecule has 0 saturated heterocycles. The lowest BCUT2D eigenvalue weighted by Gasteiger charge is -2.20. The minimum absolute atomic E-state index is 0.0136. The molecule has 0 aliphatic carbocycles. The second-order valence-electron chi connectivity index (χ2n) is 4.92. The highest BCUT2D eigenvalue weighted by molar-refractivity contribution is 5.83. The molecule has 0 heterocycles. The first-order valence-corrected chi connectivity index (χ1v) is 6.86. The summed E-state index contributed by atoms with van der Waals surface area (Å²) in [7, 11) is 0. The molecular formula is C13H26N2O4. The van der Waals surface area contributed by atoms with Gasteiger partial charge < -0.3 is 20.8 Å². The second kappa shape index (κ2) is 9.61. The molecular weight excluding hydrogens is 248 g/mol. The van der Waals surface area contributed by atoms with Crippen LogP contribution in [-0.4, -0.2) is 40.4 Å². The summed E-state index contributed by atoms with van der Waals surface area (Å²) >= 11 is 0. The number of carboxylic acid groups (broad SMARTS) is 1. The van der Waals surface area contributed by atoms with Gasteiger partial charge in [-0.1, -0.05) is 32.6 Å². The number of aliphatic hydroxyl groups excluding tert-OH is 1. The highest BCUT2D eigenvalue weighted by Crippen LogP contribution is 2.05. The fourth-order valence-corrected chi connectivity index (χ4v) is 1.74. The van der Waals surface area contributed by atoms with Crippen LogP contribution in [0.1, 0.15) is 52.9 Å². The first-order valence-electron chi connectivity index (χ1n) is 6.86. The van der Waals surface area contributed by atoms with Crippen molar-refractivity contribution in [2.45, 2.75) is 71.1 Å². The van der Waals surface area contributed by atoms with Crippen LogP contribution in [0.4, 0.5) is 4.79 Å². The van der Waals surface area contributed by atoms with Crippen LogP contribution in [0.15, 0.2) is 0 Å². The molecule has 4 N–H and O–H groups in total. The molecule has 0 aromatic heterocycles. The molecule has 112 valence electrons. The summed E-state index contributed by atoms with van der Waals surface area (Å²) in [5.74, 6) is -1.25. The smallest absolute Gasteiger partial charge is 0.328 e. The van der Waals surface area contributed by atoms with E-state index in [2.05, 4.69) is 17.6 Å². The van der Waals surface area contributed by atoms with E-state index in [1.807, 2.05) is 6.92 Å². The van der Waals surface area contributed by atoms with Crippen LogP contribution in [0.2, 0.25) is 0 Å². The standard InChI is InChI=1S/C13H26N2O4/c1-4-5-6-7-8-9(2)14-13(19)15-11(10(3)16)12(17)18/h9-11,16H,4-8H2,1-3H3,(H,17,18)(H2,14,15,19)/t9?,10-,11+/m1/s1. The van der Waals surface area contributed by atoms with Gasteiger partial charge >= 0.3 is 12.0 Å². The van der Waals surface area contributed by atoms with Crippen LogP contribution in [-0.2, 0) is 4.79 Å². The Morgan fingerprint density at radius 2 is 1.74 bits per heavy atom. The zero-order chi connectivity index (χ0) is 14.8. The Balaban J connectivity index is 3.98. The SMILES string of the molecule is CCCCCCC(C)NC(=O)N[C@H](C(=O)O)[C@@H](C)O. The third-order valence-electron chi connectivity index (χ3n) is 2.90. The van der Waals surface area contributed by atoms with Gasteiger partial charge in [0, 0.05) is 6.04 Å².